The fourth-order valence-corrected chi connectivity index (χ4v) is 2.07. The van der Waals surface area contributed by atoms with Crippen molar-refractivity contribution >= 4 is 0 Å². The molecule has 0 aliphatic carbocycles. The molecule has 2 aromatic rings. The van der Waals surface area contributed by atoms with Crippen LogP contribution < -0.4 is 0 Å². The van der Waals surface area contributed by atoms with Crippen LogP contribution >= 0.6 is 0 Å². The van der Waals surface area contributed by atoms with Gasteiger partial charge in [-0.25, -0.2) is 0 Å². The summed E-state index contributed by atoms with van der Waals surface area (Å²) >= 11 is 0. The van der Waals surface area contributed by atoms with Crippen molar-refractivity contribution in [1.82, 2.24) is 20.0 Å². The fourth-order valence-electron chi connectivity index (χ4n) is 2.07. The first kappa shape index (κ1) is 15.6. The van der Waals surface area contributed by atoms with Crippen molar-refractivity contribution in [2.45, 2.75) is 32.4 Å². The summed E-state index contributed by atoms with van der Waals surface area (Å²) in [5.74, 6) is 1.58. The Morgan fingerprint density at radius 3 is 2.71 bits per heavy atom. The second-order valence-electron chi connectivity index (χ2n) is 5.34. The molecule has 6 nitrogen and oxygen atoms in total. The van der Waals surface area contributed by atoms with Crippen molar-refractivity contribution < 1.29 is 9.26 Å². The van der Waals surface area contributed by atoms with E-state index in [9.17, 15) is 0 Å². The molecular formula is C15H22N4O2. The molecule has 2 rings (SSSR count). The van der Waals surface area contributed by atoms with Crippen LogP contribution in [0.2, 0.25) is 0 Å². The Morgan fingerprint density at radius 2 is 2.14 bits per heavy atom. The van der Waals surface area contributed by atoms with Gasteiger partial charge in [0.25, 0.3) is 0 Å². The van der Waals surface area contributed by atoms with Crippen LogP contribution in [0.25, 0.3) is 0 Å². The van der Waals surface area contributed by atoms with Gasteiger partial charge in [0.2, 0.25) is 5.89 Å². The van der Waals surface area contributed by atoms with Gasteiger partial charge in [0, 0.05) is 19.2 Å². The minimum Gasteiger partial charge on any atom is -0.383 e. The van der Waals surface area contributed by atoms with E-state index in [0.717, 1.165) is 5.69 Å². The van der Waals surface area contributed by atoms with Gasteiger partial charge in [-0.3, -0.25) is 9.88 Å². The van der Waals surface area contributed by atoms with Gasteiger partial charge in [0.1, 0.15) is 0 Å². The Bertz CT molecular complexity index is 542. The van der Waals surface area contributed by atoms with Crippen LogP contribution in [0, 0.1) is 0 Å². The molecule has 0 unspecified atom stereocenters. The van der Waals surface area contributed by atoms with Crippen LogP contribution in [-0.4, -0.2) is 40.8 Å². The topological polar surface area (TPSA) is 64.3 Å². The van der Waals surface area contributed by atoms with Crippen LogP contribution in [0.15, 0.2) is 28.9 Å². The number of hydrogen-bond donors (Lipinski definition) is 0. The quantitative estimate of drug-likeness (QED) is 0.780. The predicted octanol–water partition coefficient (Wildman–Crippen LogP) is 2.41. The molecule has 0 aromatic carbocycles. The van der Waals surface area contributed by atoms with Crippen molar-refractivity contribution in [2.24, 2.45) is 0 Å². The van der Waals surface area contributed by atoms with Crippen molar-refractivity contribution in [3.63, 3.8) is 0 Å². The molecule has 0 spiro atoms. The maximum Gasteiger partial charge on any atom is 0.229 e. The molecule has 0 radical (unpaired) electrons. The van der Waals surface area contributed by atoms with Crippen LogP contribution in [0.5, 0.6) is 0 Å². The highest BCUT2D eigenvalue weighted by molar-refractivity contribution is 5.09. The lowest BCUT2D eigenvalue weighted by Crippen LogP contribution is -2.28. The molecule has 1 atom stereocenters. The number of nitrogens with zero attached hydrogens (tertiary/aromatic N) is 4. The highest BCUT2D eigenvalue weighted by atomic mass is 16.5. The highest BCUT2D eigenvalue weighted by Gasteiger charge is 2.20. The lowest BCUT2D eigenvalue weighted by molar-refractivity contribution is 0.0980. The van der Waals surface area contributed by atoms with Crippen molar-refractivity contribution in [3.05, 3.63) is 41.8 Å². The minimum atomic E-state index is 0.0530. The second-order valence-corrected chi connectivity index (χ2v) is 5.34. The summed E-state index contributed by atoms with van der Waals surface area (Å²) in [5.41, 5.74) is 0.967. The van der Waals surface area contributed by atoms with E-state index in [1.165, 1.54) is 0 Å². The average molecular weight is 290 g/mol. The maximum atomic E-state index is 5.31. The molecule has 2 aromatic heterocycles. The zero-order chi connectivity index (χ0) is 15.2. The summed E-state index contributed by atoms with van der Waals surface area (Å²) in [6.07, 6.45) is 1.79. The molecule has 0 aliphatic rings. The Morgan fingerprint density at radius 1 is 1.33 bits per heavy atom. The first-order valence-corrected chi connectivity index (χ1v) is 7.04. The molecule has 114 valence electrons. The van der Waals surface area contributed by atoms with Gasteiger partial charge in [-0.05, 0) is 19.2 Å². The summed E-state index contributed by atoms with van der Waals surface area (Å²) in [6.45, 7) is 5.20. The minimum absolute atomic E-state index is 0.0530. The number of pyridine rings is 1. The van der Waals surface area contributed by atoms with E-state index in [2.05, 4.69) is 20.0 Å². The third-order valence-corrected chi connectivity index (χ3v) is 3.25. The third-order valence-electron chi connectivity index (χ3n) is 3.25. The van der Waals surface area contributed by atoms with E-state index in [1.807, 2.05) is 39.1 Å². The van der Waals surface area contributed by atoms with Crippen LogP contribution in [-0.2, 0) is 11.3 Å². The molecule has 0 N–H and O–H groups in total. The van der Waals surface area contributed by atoms with E-state index in [-0.39, 0.29) is 12.0 Å². The number of aromatic nitrogens is 3. The molecule has 6 heteroatoms. The van der Waals surface area contributed by atoms with Gasteiger partial charge in [-0.15, -0.1) is 0 Å². The van der Waals surface area contributed by atoms with Gasteiger partial charge < -0.3 is 9.26 Å². The summed E-state index contributed by atoms with van der Waals surface area (Å²) < 4.78 is 10.6. The van der Waals surface area contributed by atoms with Gasteiger partial charge in [-0.2, -0.15) is 4.98 Å². The van der Waals surface area contributed by atoms with E-state index >= 15 is 0 Å². The molecule has 0 amide bonds. The standard InChI is InChI=1S/C15H22N4O2/c1-11(2)15-17-14(18-21-15)9-19(3)13(10-20-4)12-7-5-6-8-16-12/h5-8,11,13H,9-10H2,1-4H3/t13-/m0/s1. The molecule has 2 heterocycles. The third kappa shape index (κ3) is 4.09. The average Bonchev–Trinajstić information content (AvgIpc) is 2.94. The summed E-state index contributed by atoms with van der Waals surface area (Å²) in [5, 5.41) is 4.02. The fraction of sp³-hybridized carbons (Fsp3) is 0.533. The number of ether oxygens (including phenoxy) is 1. The first-order chi connectivity index (χ1) is 10.1. The summed E-state index contributed by atoms with van der Waals surface area (Å²) in [7, 11) is 3.69. The van der Waals surface area contributed by atoms with Gasteiger partial charge in [0.15, 0.2) is 5.82 Å². The lowest BCUT2D eigenvalue weighted by atomic mass is 10.1. The summed E-state index contributed by atoms with van der Waals surface area (Å²) in [4.78, 5) is 10.9. The van der Waals surface area contributed by atoms with Gasteiger partial charge in [0.05, 0.1) is 24.9 Å². The molecule has 0 saturated heterocycles. The van der Waals surface area contributed by atoms with Crippen LogP contribution in [0.4, 0.5) is 0 Å². The highest BCUT2D eigenvalue weighted by Crippen LogP contribution is 2.19. The van der Waals surface area contributed by atoms with E-state index in [0.29, 0.717) is 24.9 Å². The maximum absolute atomic E-state index is 5.31. The Labute approximate surface area is 125 Å². The van der Waals surface area contributed by atoms with Crippen LogP contribution in [0.3, 0.4) is 0 Å². The molecule has 0 saturated carbocycles. The normalized spacial score (nSPS) is 13.0. The van der Waals surface area contributed by atoms with Crippen molar-refractivity contribution in [2.75, 3.05) is 20.8 Å². The lowest BCUT2D eigenvalue weighted by Gasteiger charge is -2.25. The van der Waals surface area contributed by atoms with Gasteiger partial charge >= 0.3 is 0 Å². The summed E-state index contributed by atoms with van der Waals surface area (Å²) in [6, 6.07) is 5.93. The smallest absolute Gasteiger partial charge is 0.229 e. The molecule has 0 aliphatic heterocycles. The molecule has 21 heavy (non-hydrogen) atoms. The van der Waals surface area contributed by atoms with Crippen LogP contribution in [0.1, 0.15) is 43.2 Å². The molecular weight excluding hydrogens is 268 g/mol. The Balaban J connectivity index is 2.09. The Kier molecular flexibility index (Phi) is 5.41. The Hall–Kier alpha value is -1.79. The predicted molar refractivity (Wildman–Crippen MR) is 78.7 cm³/mol. The van der Waals surface area contributed by atoms with E-state index < -0.39 is 0 Å². The molecule has 0 fully saturated rings. The monoisotopic (exact) mass is 290 g/mol. The largest absolute Gasteiger partial charge is 0.383 e. The first-order valence-electron chi connectivity index (χ1n) is 7.04. The van der Waals surface area contributed by atoms with E-state index in [1.54, 1.807) is 13.3 Å². The zero-order valence-corrected chi connectivity index (χ0v) is 13.0. The van der Waals surface area contributed by atoms with Crippen molar-refractivity contribution in [3.8, 4) is 0 Å². The van der Waals surface area contributed by atoms with E-state index in [4.69, 9.17) is 9.26 Å². The molecule has 0 bridgehead atoms. The SMILES string of the molecule is COC[C@@H](c1ccccn1)N(C)Cc1noc(C(C)C)n1. The number of likely N-dealkylation sites (N-methyl/N-ethyl adjacent to an activating group) is 1. The van der Waals surface area contributed by atoms with Crippen molar-refractivity contribution in [1.29, 1.82) is 0 Å². The number of methoxy groups -OCH3 is 1. The second kappa shape index (κ2) is 7.28. The number of rotatable bonds is 7. The number of hydrogen-bond acceptors (Lipinski definition) is 6. The van der Waals surface area contributed by atoms with Gasteiger partial charge in [-0.1, -0.05) is 25.1 Å². The zero-order valence-electron chi connectivity index (χ0n) is 13.0.